The van der Waals surface area contributed by atoms with Crippen LogP contribution >= 0.6 is 0 Å². The lowest BCUT2D eigenvalue weighted by molar-refractivity contribution is 0.0696. The number of aromatic nitrogens is 3. The van der Waals surface area contributed by atoms with E-state index in [1.165, 1.54) is 6.20 Å². The maximum absolute atomic E-state index is 11.3. The third-order valence-corrected chi connectivity index (χ3v) is 3.34. The van der Waals surface area contributed by atoms with Gasteiger partial charge in [-0.1, -0.05) is 0 Å². The Hall–Kier alpha value is -2.50. The van der Waals surface area contributed by atoms with E-state index in [-0.39, 0.29) is 5.56 Å². The molecule has 3 rings (SSSR count). The van der Waals surface area contributed by atoms with Crippen molar-refractivity contribution in [1.82, 2.24) is 15.0 Å². The standard InChI is InChI=1S/C14H14N4O2/c19-14(20)11-9-16-12(10-3-5-15-6-4-10)17-13(11)18-7-1-2-8-18/h3-6,9H,1-2,7-8H2,(H,19,20). The highest BCUT2D eigenvalue weighted by Crippen LogP contribution is 2.25. The largest absolute Gasteiger partial charge is 0.477 e. The van der Waals surface area contributed by atoms with Crippen molar-refractivity contribution in [1.29, 1.82) is 0 Å². The molecule has 0 atom stereocenters. The second-order valence-electron chi connectivity index (χ2n) is 4.67. The fourth-order valence-electron chi connectivity index (χ4n) is 2.33. The summed E-state index contributed by atoms with van der Waals surface area (Å²) in [5.41, 5.74) is 0.988. The first-order valence-electron chi connectivity index (χ1n) is 6.51. The summed E-state index contributed by atoms with van der Waals surface area (Å²) in [5, 5.41) is 9.27. The van der Waals surface area contributed by atoms with Gasteiger partial charge in [0.15, 0.2) is 5.82 Å². The van der Waals surface area contributed by atoms with Crippen LogP contribution < -0.4 is 4.90 Å². The van der Waals surface area contributed by atoms with Crippen molar-refractivity contribution in [3.8, 4) is 11.4 Å². The SMILES string of the molecule is O=C(O)c1cnc(-c2ccncc2)nc1N1CCCC1. The van der Waals surface area contributed by atoms with E-state index in [9.17, 15) is 9.90 Å². The molecule has 3 heterocycles. The molecule has 0 saturated carbocycles. The third kappa shape index (κ3) is 2.32. The van der Waals surface area contributed by atoms with Gasteiger partial charge in [0.25, 0.3) is 0 Å². The van der Waals surface area contributed by atoms with Gasteiger partial charge < -0.3 is 10.0 Å². The normalized spacial score (nSPS) is 14.5. The highest BCUT2D eigenvalue weighted by molar-refractivity contribution is 5.93. The lowest BCUT2D eigenvalue weighted by atomic mass is 10.2. The topological polar surface area (TPSA) is 79.2 Å². The molecule has 1 fully saturated rings. The maximum atomic E-state index is 11.3. The second-order valence-corrected chi connectivity index (χ2v) is 4.67. The first kappa shape index (κ1) is 12.5. The highest BCUT2D eigenvalue weighted by atomic mass is 16.4. The molecule has 2 aromatic heterocycles. The molecule has 0 radical (unpaired) electrons. The number of hydrogen-bond donors (Lipinski definition) is 1. The van der Waals surface area contributed by atoms with Crippen LogP contribution in [0.1, 0.15) is 23.2 Å². The Morgan fingerprint density at radius 2 is 1.90 bits per heavy atom. The average molecular weight is 270 g/mol. The summed E-state index contributed by atoms with van der Waals surface area (Å²) in [5.74, 6) is 0.0456. The minimum absolute atomic E-state index is 0.157. The zero-order chi connectivity index (χ0) is 13.9. The van der Waals surface area contributed by atoms with Crippen molar-refractivity contribution in [2.24, 2.45) is 0 Å². The van der Waals surface area contributed by atoms with Crippen molar-refractivity contribution in [3.05, 3.63) is 36.3 Å². The van der Waals surface area contributed by atoms with Crippen LogP contribution in [0.4, 0.5) is 5.82 Å². The molecule has 6 nitrogen and oxygen atoms in total. The molecule has 1 aliphatic rings. The number of aromatic carboxylic acids is 1. The van der Waals surface area contributed by atoms with E-state index < -0.39 is 5.97 Å². The lowest BCUT2D eigenvalue weighted by Gasteiger charge is -2.18. The van der Waals surface area contributed by atoms with Gasteiger partial charge in [0.05, 0.1) is 0 Å². The van der Waals surface area contributed by atoms with Crippen molar-refractivity contribution in [2.45, 2.75) is 12.8 Å². The Morgan fingerprint density at radius 3 is 2.55 bits per heavy atom. The van der Waals surface area contributed by atoms with Gasteiger partial charge in [-0.25, -0.2) is 14.8 Å². The number of carbonyl (C=O) groups is 1. The lowest BCUT2D eigenvalue weighted by Crippen LogP contribution is -2.22. The van der Waals surface area contributed by atoms with Gasteiger partial charge in [0.2, 0.25) is 0 Å². The first-order valence-corrected chi connectivity index (χ1v) is 6.51. The molecule has 20 heavy (non-hydrogen) atoms. The maximum Gasteiger partial charge on any atom is 0.341 e. The van der Waals surface area contributed by atoms with Crippen molar-refractivity contribution in [3.63, 3.8) is 0 Å². The van der Waals surface area contributed by atoms with E-state index >= 15 is 0 Å². The van der Waals surface area contributed by atoms with Gasteiger partial charge in [0, 0.05) is 37.2 Å². The molecule has 102 valence electrons. The highest BCUT2D eigenvalue weighted by Gasteiger charge is 2.22. The van der Waals surface area contributed by atoms with Gasteiger partial charge in [-0.05, 0) is 25.0 Å². The molecular weight excluding hydrogens is 256 g/mol. The minimum atomic E-state index is -0.992. The van der Waals surface area contributed by atoms with Crippen molar-refractivity contribution < 1.29 is 9.90 Å². The quantitative estimate of drug-likeness (QED) is 0.916. The number of pyridine rings is 1. The smallest absolute Gasteiger partial charge is 0.341 e. The van der Waals surface area contributed by atoms with E-state index in [0.29, 0.717) is 11.6 Å². The summed E-state index contributed by atoms with van der Waals surface area (Å²) in [4.78, 5) is 25.9. The Morgan fingerprint density at radius 1 is 1.20 bits per heavy atom. The van der Waals surface area contributed by atoms with Crippen molar-refractivity contribution >= 4 is 11.8 Å². The van der Waals surface area contributed by atoms with Gasteiger partial charge in [0.1, 0.15) is 11.4 Å². The predicted molar refractivity (Wildman–Crippen MR) is 73.7 cm³/mol. The fraction of sp³-hybridized carbons (Fsp3) is 0.286. The van der Waals surface area contributed by atoms with Gasteiger partial charge in [-0.3, -0.25) is 4.98 Å². The Balaban J connectivity index is 2.06. The molecule has 0 spiro atoms. The number of hydrogen-bond acceptors (Lipinski definition) is 5. The molecule has 1 N–H and O–H groups in total. The molecule has 1 saturated heterocycles. The molecule has 0 amide bonds. The fourth-order valence-corrected chi connectivity index (χ4v) is 2.33. The zero-order valence-electron chi connectivity index (χ0n) is 10.9. The Kier molecular flexibility index (Phi) is 3.28. The van der Waals surface area contributed by atoms with Gasteiger partial charge >= 0.3 is 5.97 Å². The van der Waals surface area contributed by atoms with E-state index in [1.54, 1.807) is 12.4 Å². The molecule has 6 heteroatoms. The summed E-state index contributed by atoms with van der Waals surface area (Å²) in [6.07, 6.45) is 6.85. The second kappa shape index (κ2) is 5.24. The van der Waals surface area contributed by atoms with Crippen LogP contribution in [0.15, 0.2) is 30.7 Å². The van der Waals surface area contributed by atoms with Crippen LogP contribution in [0.5, 0.6) is 0 Å². The van der Waals surface area contributed by atoms with Gasteiger partial charge in [-0.2, -0.15) is 0 Å². The van der Waals surface area contributed by atoms with Gasteiger partial charge in [-0.15, -0.1) is 0 Å². The zero-order valence-corrected chi connectivity index (χ0v) is 10.9. The summed E-state index contributed by atoms with van der Waals surface area (Å²) in [6, 6.07) is 3.62. The molecule has 0 aliphatic carbocycles. The number of nitrogens with zero attached hydrogens (tertiary/aromatic N) is 4. The third-order valence-electron chi connectivity index (χ3n) is 3.34. The number of anilines is 1. The van der Waals surface area contributed by atoms with Crippen LogP contribution in [-0.2, 0) is 0 Å². The van der Waals surface area contributed by atoms with E-state index in [0.717, 1.165) is 31.5 Å². The molecule has 0 unspecified atom stereocenters. The summed E-state index contributed by atoms with van der Waals surface area (Å²) < 4.78 is 0. The first-order chi connectivity index (χ1) is 9.75. The molecule has 1 aliphatic heterocycles. The van der Waals surface area contributed by atoms with E-state index in [1.807, 2.05) is 17.0 Å². The molecular formula is C14H14N4O2. The average Bonchev–Trinajstić information content (AvgIpc) is 3.01. The van der Waals surface area contributed by atoms with Crippen LogP contribution in [0.3, 0.4) is 0 Å². The number of carboxylic acid groups (broad SMARTS) is 1. The summed E-state index contributed by atoms with van der Waals surface area (Å²) in [7, 11) is 0. The monoisotopic (exact) mass is 270 g/mol. The Bertz CT molecular complexity index is 624. The predicted octanol–water partition coefficient (Wildman–Crippen LogP) is 1.84. The summed E-state index contributed by atoms with van der Waals surface area (Å²) in [6.45, 7) is 1.68. The van der Waals surface area contributed by atoms with Crippen molar-refractivity contribution in [2.75, 3.05) is 18.0 Å². The molecule has 0 aromatic carbocycles. The van der Waals surface area contributed by atoms with Crippen LogP contribution in [0.2, 0.25) is 0 Å². The summed E-state index contributed by atoms with van der Waals surface area (Å²) >= 11 is 0. The Labute approximate surface area is 116 Å². The van der Waals surface area contributed by atoms with Crippen LogP contribution in [-0.4, -0.2) is 39.1 Å². The minimum Gasteiger partial charge on any atom is -0.477 e. The number of rotatable bonds is 3. The van der Waals surface area contributed by atoms with E-state index in [4.69, 9.17) is 0 Å². The van der Waals surface area contributed by atoms with E-state index in [2.05, 4.69) is 15.0 Å². The van der Waals surface area contributed by atoms with Crippen LogP contribution in [0.25, 0.3) is 11.4 Å². The van der Waals surface area contributed by atoms with Crippen LogP contribution in [0, 0.1) is 0 Å². The molecule has 2 aromatic rings. The number of carboxylic acids is 1. The molecule has 0 bridgehead atoms.